The third-order valence-electron chi connectivity index (χ3n) is 4.53. The first kappa shape index (κ1) is 15.4. The number of hydrogen-bond acceptors (Lipinski definition) is 1. The van der Waals surface area contributed by atoms with Gasteiger partial charge in [0, 0.05) is 6.42 Å². The molecule has 0 amide bonds. The van der Waals surface area contributed by atoms with E-state index in [0.717, 1.165) is 16.7 Å². The van der Waals surface area contributed by atoms with Gasteiger partial charge in [-0.15, -0.1) is 0 Å². The largest absolute Gasteiger partial charge is 0.391 e. The zero-order chi connectivity index (χ0) is 15.0. The van der Waals surface area contributed by atoms with Crippen LogP contribution in [0.15, 0.2) is 18.2 Å². The first-order chi connectivity index (χ1) is 9.21. The van der Waals surface area contributed by atoms with E-state index in [1.54, 1.807) is 0 Å². The van der Waals surface area contributed by atoms with Gasteiger partial charge in [0.15, 0.2) is 0 Å². The standard InChI is InChI=1S/C16H21F3O/c1-11-4-3-5-12(2)14(11)10-15(20)8-6-13(7-9-15)16(17,18)19/h3-5,13,20H,6-10H2,1-2H3. The van der Waals surface area contributed by atoms with E-state index in [2.05, 4.69) is 0 Å². The van der Waals surface area contributed by atoms with Crippen LogP contribution in [0.25, 0.3) is 0 Å². The summed E-state index contributed by atoms with van der Waals surface area (Å²) in [7, 11) is 0. The van der Waals surface area contributed by atoms with E-state index in [-0.39, 0.29) is 25.7 Å². The molecule has 0 unspecified atom stereocenters. The Morgan fingerprint density at radius 3 is 2.10 bits per heavy atom. The molecule has 20 heavy (non-hydrogen) atoms. The first-order valence-corrected chi connectivity index (χ1v) is 7.05. The number of benzene rings is 1. The summed E-state index contributed by atoms with van der Waals surface area (Å²) in [6, 6.07) is 5.92. The van der Waals surface area contributed by atoms with Crippen LogP contribution in [0.4, 0.5) is 13.2 Å². The van der Waals surface area contributed by atoms with E-state index in [4.69, 9.17) is 0 Å². The second kappa shape index (κ2) is 5.40. The van der Waals surface area contributed by atoms with Crippen molar-refractivity contribution in [1.29, 1.82) is 0 Å². The van der Waals surface area contributed by atoms with Crippen LogP contribution in [0.2, 0.25) is 0 Å². The molecule has 0 bridgehead atoms. The summed E-state index contributed by atoms with van der Waals surface area (Å²) < 4.78 is 38.0. The summed E-state index contributed by atoms with van der Waals surface area (Å²) in [6.45, 7) is 3.96. The lowest BCUT2D eigenvalue weighted by atomic mass is 9.74. The van der Waals surface area contributed by atoms with Gasteiger partial charge in [-0.3, -0.25) is 0 Å². The number of halogens is 3. The van der Waals surface area contributed by atoms with Crippen molar-refractivity contribution in [1.82, 2.24) is 0 Å². The van der Waals surface area contributed by atoms with Gasteiger partial charge in [-0.25, -0.2) is 0 Å². The molecule has 2 rings (SSSR count). The second-order valence-electron chi connectivity index (χ2n) is 6.09. The molecule has 1 fully saturated rings. The maximum Gasteiger partial charge on any atom is 0.391 e. The highest BCUT2D eigenvalue weighted by Gasteiger charge is 2.45. The number of alkyl halides is 3. The molecule has 0 atom stereocenters. The Labute approximate surface area is 117 Å². The summed E-state index contributed by atoms with van der Waals surface area (Å²) in [5, 5.41) is 10.6. The fraction of sp³-hybridized carbons (Fsp3) is 0.625. The van der Waals surface area contributed by atoms with Crippen LogP contribution in [0.5, 0.6) is 0 Å². The topological polar surface area (TPSA) is 20.2 Å². The summed E-state index contributed by atoms with van der Waals surface area (Å²) in [5.41, 5.74) is 2.27. The average Bonchev–Trinajstić information content (AvgIpc) is 2.33. The van der Waals surface area contributed by atoms with Crippen LogP contribution in [0, 0.1) is 19.8 Å². The van der Waals surface area contributed by atoms with Crippen LogP contribution < -0.4 is 0 Å². The predicted molar refractivity (Wildman–Crippen MR) is 72.6 cm³/mol. The van der Waals surface area contributed by atoms with Gasteiger partial charge >= 0.3 is 6.18 Å². The summed E-state index contributed by atoms with van der Waals surface area (Å²) in [6.07, 6.45) is -3.15. The highest BCUT2D eigenvalue weighted by Crippen LogP contribution is 2.42. The number of rotatable bonds is 2. The Hall–Kier alpha value is -1.03. The average molecular weight is 286 g/mol. The van der Waals surface area contributed by atoms with Gasteiger partial charge in [-0.1, -0.05) is 18.2 Å². The number of aliphatic hydroxyl groups is 1. The Morgan fingerprint density at radius 2 is 1.65 bits per heavy atom. The van der Waals surface area contributed by atoms with E-state index in [9.17, 15) is 18.3 Å². The van der Waals surface area contributed by atoms with E-state index in [1.807, 2.05) is 32.0 Å². The molecular formula is C16H21F3O. The molecule has 0 aromatic heterocycles. The van der Waals surface area contributed by atoms with Crippen LogP contribution in [-0.4, -0.2) is 16.9 Å². The number of aryl methyl sites for hydroxylation is 2. The normalized spacial score (nSPS) is 27.6. The van der Waals surface area contributed by atoms with Crippen molar-refractivity contribution in [2.24, 2.45) is 5.92 Å². The van der Waals surface area contributed by atoms with Crippen molar-refractivity contribution >= 4 is 0 Å². The van der Waals surface area contributed by atoms with E-state index < -0.39 is 17.7 Å². The maximum absolute atomic E-state index is 12.7. The predicted octanol–water partition coefficient (Wildman–Crippen LogP) is 4.33. The molecule has 0 saturated heterocycles. The Bertz CT molecular complexity index is 451. The van der Waals surface area contributed by atoms with Crippen molar-refractivity contribution in [3.63, 3.8) is 0 Å². The van der Waals surface area contributed by atoms with Crippen LogP contribution in [0.1, 0.15) is 42.4 Å². The Morgan fingerprint density at radius 1 is 1.15 bits per heavy atom. The van der Waals surface area contributed by atoms with Gasteiger partial charge in [0.2, 0.25) is 0 Å². The molecule has 1 aliphatic rings. The summed E-state index contributed by atoms with van der Waals surface area (Å²) in [5.74, 6) is -1.25. The van der Waals surface area contributed by atoms with Crippen LogP contribution >= 0.6 is 0 Å². The van der Waals surface area contributed by atoms with Crippen LogP contribution in [-0.2, 0) is 6.42 Å². The maximum atomic E-state index is 12.7. The lowest BCUT2D eigenvalue weighted by Gasteiger charge is -2.37. The van der Waals surface area contributed by atoms with Crippen LogP contribution in [0.3, 0.4) is 0 Å². The van der Waals surface area contributed by atoms with Gasteiger partial charge < -0.3 is 5.11 Å². The van der Waals surface area contributed by atoms with E-state index >= 15 is 0 Å². The molecule has 0 aliphatic heterocycles. The molecule has 4 heteroatoms. The third-order valence-corrected chi connectivity index (χ3v) is 4.53. The zero-order valence-electron chi connectivity index (χ0n) is 11.9. The molecule has 0 heterocycles. The zero-order valence-corrected chi connectivity index (χ0v) is 11.9. The molecule has 1 aliphatic carbocycles. The fourth-order valence-corrected chi connectivity index (χ4v) is 3.12. The number of hydrogen-bond donors (Lipinski definition) is 1. The minimum absolute atomic E-state index is 0.0327. The van der Waals surface area contributed by atoms with Crippen molar-refractivity contribution < 1.29 is 18.3 Å². The Balaban J connectivity index is 2.08. The minimum atomic E-state index is -4.13. The molecular weight excluding hydrogens is 265 g/mol. The summed E-state index contributed by atoms with van der Waals surface area (Å²) in [4.78, 5) is 0. The molecule has 1 nitrogen and oxygen atoms in total. The van der Waals surface area contributed by atoms with Crippen molar-refractivity contribution in [2.75, 3.05) is 0 Å². The van der Waals surface area contributed by atoms with Gasteiger partial charge in [0.05, 0.1) is 11.5 Å². The quantitative estimate of drug-likeness (QED) is 0.858. The molecule has 0 spiro atoms. The first-order valence-electron chi connectivity index (χ1n) is 7.05. The van der Waals surface area contributed by atoms with Crippen molar-refractivity contribution in [3.05, 3.63) is 34.9 Å². The van der Waals surface area contributed by atoms with Gasteiger partial charge in [0.1, 0.15) is 0 Å². The second-order valence-corrected chi connectivity index (χ2v) is 6.09. The lowest BCUT2D eigenvalue weighted by Crippen LogP contribution is -2.40. The highest BCUT2D eigenvalue weighted by molar-refractivity contribution is 5.34. The Kier molecular flexibility index (Phi) is 4.14. The van der Waals surface area contributed by atoms with Gasteiger partial charge in [-0.05, 0) is 56.2 Å². The summed E-state index contributed by atoms with van der Waals surface area (Å²) >= 11 is 0. The molecule has 1 N–H and O–H groups in total. The molecule has 1 saturated carbocycles. The lowest BCUT2D eigenvalue weighted by molar-refractivity contribution is -0.192. The van der Waals surface area contributed by atoms with Gasteiger partial charge in [0.25, 0.3) is 0 Å². The molecule has 112 valence electrons. The van der Waals surface area contributed by atoms with E-state index in [0.29, 0.717) is 6.42 Å². The SMILES string of the molecule is Cc1cccc(C)c1CC1(O)CCC(C(F)(F)F)CC1. The third kappa shape index (κ3) is 3.35. The van der Waals surface area contributed by atoms with Crippen molar-refractivity contribution in [2.45, 2.75) is 57.7 Å². The monoisotopic (exact) mass is 286 g/mol. The molecule has 0 radical (unpaired) electrons. The van der Waals surface area contributed by atoms with Gasteiger partial charge in [-0.2, -0.15) is 13.2 Å². The molecule has 1 aromatic rings. The van der Waals surface area contributed by atoms with Crippen molar-refractivity contribution in [3.8, 4) is 0 Å². The minimum Gasteiger partial charge on any atom is -0.390 e. The fourth-order valence-electron chi connectivity index (χ4n) is 3.12. The molecule has 1 aromatic carbocycles. The highest BCUT2D eigenvalue weighted by atomic mass is 19.4. The van der Waals surface area contributed by atoms with E-state index in [1.165, 1.54) is 0 Å². The smallest absolute Gasteiger partial charge is 0.390 e.